The molecule has 38 heavy (non-hydrogen) atoms. The fourth-order valence-corrected chi connectivity index (χ4v) is 4.26. The van der Waals surface area contributed by atoms with Crippen molar-refractivity contribution in [1.29, 1.82) is 0 Å². The van der Waals surface area contributed by atoms with Gasteiger partial charge in [0.1, 0.15) is 6.54 Å². The van der Waals surface area contributed by atoms with Crippen LogP contribution in [-0.4, -0.2) is 65.9 Å². The van der Waals surface area contributed by atoms with E-state index in [1.165, 1.54) is 11.2 Å². The number of piperazine rings is 1. The molecule has 1 aliphatic heterocycles. The van der Waals surface area contributed by atoms with Crippen molar-refractivity contribution in [3.63, 3.8) is 0 Å². The van der Waals surface area contributed by atoms with E-state index < -0.39 is 0 Å². The van der Waals surface area contributed by atoms with Gasteiger partial charge in [-0.15, -0.1) is 0 Å². The highest BCUT2D eigenvalue weighted by Gasteiger charge is 2.25. The van der Waals surface area contributed by atoms with Gasteiger partial charge in [-0.1, -0.05) is 30.3 Å². The number of hydrogen-bond donors (Lipinski definition) is 2. The van der Waals surface area contributed by atoms with E-state index in [0.29, 0.717) is 18.8 Å². The number of rotatable bonds is 7. The third-order valence-electron chi connectivity index (χ3n) is 6.13. The van der Waals surface area contributed by atoms with E-state index >= 15 is 0 Å². The Labute approximate surface area is 223 Å². The second-order valence-corrected chi connectivity index (χ2v) is 10.4. The summed E-state index contributed by atoms with van der Waals surface area (Å²) >= 11 is 0. The normalized spacial score (nSPS) is 13.7. The number of nitrogens with one attached hydrogen (secondary N) is 2. The Bertz CT molecular complexity index is 1210. The summed E-state index contributed by atoms with van der Waals surface area (Å²) in [6, 6.07) is 20.3. The lowest BCUT2D eigenvalue weighted by molar-refractivity contribution is -0.117. The molecule has 0 aliphatic carbocycles. The van der Waals surface area contributed by atoms with Gasteiger partial charge in [-0.3, -0.25) is 9.59 Å². The summed E-state index contributed by atoms with van der Waals surface area (Å²) in [5.74, 6) is -0.458. The summed E-state index contributed by atoms with van der Waals surface area (Å²) in [5, 5.41) is 5.90. The number of nitrogens with zero attached hydrogens (tertiary/aromatic N) is 3. The zero-order valence-electron chi connectivity index (χ0n) is 22.1. The fourth-order valence-electron chi connectivity index (χ4n) is 4.26. The van der Waals surface area contributed by atoms with Gasteiger partial charge in [0.05, 0.1) is 6.26 Å². The van der Waals surface area contributed by atoms with E-state index in [4.69, 9.17) is 4.42 Å². The van der Waals surface area contributed by atoms with Crippen molar-refractivity contribution < 1.29 is 18.8 Å². The maximum absolute atomic E-state index is 13.0. The number of urea groups is 1. The minimum Gasteiger partial charge on any atom is -0.459 e. The van der Waals surface area contributed by atoms with Crippen LogP contribution in [0.15, 0.2) is 77.4 Å². The summed E-state index contributed by atoms with van der Waals surface area (Å²) in [6.45, 7) is 8.82. The Hall–Kier alpha value is -4.27. The van der Waals surface area contributed by atoms with Crippen molar-refractivity contribution in [2.75, 3.05) is 42.9 Å². The molecule has 0 radical (unpaired) electrons. The number of hydrogen-bond acceptors (Lipinski definition) is 5. The molecule has 1 aromatic heterocycles. The predicted octanol–water partition coefficient (Wildman–Crippen LogP) is 4.19. The number of benzene rings is 2. The first-order valence-corrected chi connectivity index (χ1v) is 12.8. The maximum Gasteiger partial charge on any atom is 0.317 e. The lowest BCUT2D eigenvalue weighted by Crippen LogP contribution is -2.55. The molecule has 0 saturated carbocycles. The molecule has 9 heteroatoms. The highest BCUT2D eigenvalue weighted by atomic mass is 16.3. The van der Waals surface area contributed by atoms with E-state index in [1.54, 1.807) is 12.1 Å². The van der Waals surface area contributed by atoms with Gasteiger partial charge >= 0.3 is 6.03 Å². The van der Waals surface area contributed by atoms with Crippen LogP contribution in [0.4, 0.5) is 16.2 Å². The molecule has 2 heterocycles. The largest absolute Gasteiger partial charge is 0.459 e. The first-order chi connectivity index (χ1) is 18.2. The minimum absolute atomic E-state index is 0.0398. The van der Waals surface area contributed by atoms with Crippen LogP contribution in [0.3, 0.4) is 0 Å². The van der Waals surface area contributed by atoms with Gasteiger partial charge < -0.3 is 29.8 Å². The maximum atomic E-state index is 13.0. The van der Waals surface area contributed by atoms with Gasteiger partial charge in [0.25, 0.3) is 5.91 Å². The number of furan rings is 1. The molecule has 1 saturated heterocycles. The molecule has 3 aromatic rings. The molecule has 200 valence electrons. The van der Waals surface area contributed by atoms with Crippen molar-refractivity contribution in [1.82, 2.24) is 15.1 Å². The van der Waals surface area contributed by atoms with Crippen molar-refractivity contribution in [2.24, 2.45) is 0 Å². The van der Waals surface area contributed by atoms with E-state index in [2.05, 4.69) is 15.5 Å². The zero-order valence-corrected chi connectivity index (χ0v) is 22.1. The van der Waals surface area contributed by atoms with Crippen LogP contribution in [0.2, 0.25) is 0 Å². The molecule has 2 aromatic carbocycles. The Morgan fingerprint density at radius 2 is 1.58 bits per heavy atom. The zero-order chi connectivity index (χ0) is 27.1. The molecule has 4 amide bonds. The van der Waals surface area contributed by atoms with Crippen LogP contribution < -0.4 is 15.5 Å². The Kier molecular flexibility index (Phi) is 8.35. The summed E-state index contributed by atoms with van der Waals surface area (Å²) in [6.07, 6.45) is 1.44. The molecule has 1 aliphatic rings. The summed E-state index contributed by atoms with van der Waals surface area (Å²) in [4.78, 5) is 43.8. The molecule has 4 rings (SSSR count). The molecule has 0 atom stereocenters. The fraction of sp³-hybridized carbons (Fsp3) is 0.345. The topological polar surface area (TPSA) is 98.1 Å². The molecule has 1 fully saturated rings. The highest BCUT2D eigenvalue weighted by Crippen LogP contribution is 2.20. The van der Waals surface area contributed by atoms with Gasteiger partial charge in [-0.2, -0.15) is 0 Å². The molecule has 0 bridgehead atoms. The smallest absolute Gasteiger partial charge is 0.317 e. The van der Waals surface area contributed by atoms with E-state index in [1.807, 2.05) is 80.3 Å². The Balaban J connectivity index is 1.33. The van der Waals surface area contributed by atoms with Gasteiger partial charge in [-0.05, 0) is 62.7 Å². The standard InChI is InChI=1S/C29H35N5O4/c1-29(2,3)31-28(37)33-17-15-32(16-18-33)24-13-11-23(12-14-24)30-26(35)21-34(20-22-8-5-4-6-9-22)27(36)25-10-7-19-38-25/h4-14,19H,15-18,20-21H2,1-3H3,(H,30,35)(H,31,37). The van der Waals surface area contributed by atoms with E-state index in [9.17, 15) is 14.4 Å². The van der Waals surface area contributed by atoms with Gasteiger partial charge in [0, 0.05) is 49.6 Å². The molecular weight excluding hydrogens is 482 g/mol. The second kappa shape index (κ2) is 11.9. The molecule has 0 spiro atoms. The number of anilines is 2. The van der Waals surface area contributed by atoms with E-state index in [0.717, 1.165) is 24.3 Å². The number of amides is 4. The van der Waals surface area contributed by atoms with Gasteiger partial charge in [0.15, 0.2) is 5.76 Å². The van der Waals surface area contributed by atoms with Crippen molar-refractivity contribution >= 4 is 29.2 Å². The second-order valence-electron chi connectivity index (χ2n) is 10.4. The Morgan fingerprint density at radius 1 is 0.895 bits per heavy atom. The monoisotopic (exact) mass is 517 g/mol. The first-order valence-electron chi connectivity index (χ1n) is 12.8. The van der Waals surface area contributed by atoms with Crippen LogP contribution in [0, 0.1) is 0 Å². The third-order valence-corrected chi connectivity index (χ3v) is 6.13. The third kappa shape index (κ3) is 7.38. The van der Waals surface area contributed by atoms with Gasteiger partial charge in [0.2, 0.25) is 5.91 Å². The summed E-state index contributed by atoms with van der Waals surface area (Å²) in [5.41, 5.74) is 2.32. The van der Waals surface area contributed by atoms with Crippen molar-refractivity contribution in [3.8, 4) is 0 Å². The molecule has 0 unspecified atom stereocenters. The molecule has 2 N–H and O–H groups in total. The van der Waals surface area contributed by atoms with Crippen molar-refractivity contribution in [3.05, 3.63) is 84.3 Å². The van der Waals surface area contributed by atoms with Crippen LogP contribution >= 0.6 is 0 Å². The average molecular weight is 518 g/mol. The number of carbonyl (C=O) groups excluding carboxylic acids is 3. The Morgan fingerprint density at radius 3 is 2.18 bits per heavy atom. The summed E-state index contributed by atoms with van der Waals surface area (Å²) in [7, 11) is 0. The van der Waals surface area contributed by atoms with Crippen molar-refractivity contribution in [2.45, 2.75) is 32.9 Å². The molecular formula is C29H35N5O4. The quantitative estimate of drug-likeness (QED) is 0.490. The molecule has 9 nitrogen and oxygen atoms in total. The minimum atomic E-state index is -0.348. The lowest BCUT2D eigenvalue weighted by Gasteiger charge is -2.37. The number of carbonyl (C=O) groups is 3. The average Bonchev–Trinajstić information content (AvgIpc) is 3.43. The SMILES string of the molecule is CC(C)(C)NC(=O)N1CCN(c2ccc(NC(=O)CN(Cc3ccccc3)C(=O)c3ccco3)cc2)CC1. The van der Waals surface area contributed by atoms with Crippen LogP contribution in [0.25, 0.3) is 0 Å². The summed E-state index contributed by atoms with van der Waals surface area (Å²) < 4.78 is 5.27. The van der Waals surface area contributed by atoms with Gasteiger partial charge in [-0.25, -0.2) is 4.79 Å². The highest BCUT2D eigenvalue weighted by molar-refractivity contribution is 5.98. The predicted molar refractivity (Wildman–Crippen MR) is 147 cm³/mol. The van der Waals surface area contributed by atoms with Crippen LogP contribution in [0.1, 0.15) is 36.9 Å². The van der Waals surface area contributed by atoms with E-state index in [-0.39, 0.29) is 42.2 Å². The first kappa shape index (κ1) is 26.8. The van der Waals surface area contributed by atoms with Crippen LogP contribution in [-0.2, 0) is 11.3 Å². The lowest BCUT2D eigenvalue weighted by atomic mass is 10.1. The van der Waals surface area contributed by atoms with Crippen LogP contribution in [0.5, 0.6) is 0 Å².